The highest BCUT2D eigenvalue weighted by molar-refractivity contribution is 7.47. The van der Waals surface area contributed by atoms with Crippen molar-refractivity contribution in [1.82, 2.24) is 5.32 Å². The van der Waals surface area contributed by atoms with E-state index in [1.165, 1.54) is 19.2 Å². The van der Waals surface area contributed by atoms with E-state index in [2.05, 4.69) is 14.6 Å². The van der Waals surface area contributed by atoms with Gasteiger partial charge in [-0.2, -0.15) is 0 Å². The fraction of sp³-hybridized carbons (Fsp3) is 0.429. The Labute approximate surface area is 134 Å². The number of hydrogen-bond acceptors (Lipinski definition) is 6. The molecule has 0 aromatic heterocycles. The predicted octanol–water partition coefficient (Wildman–Crippen LogP) is 2.06. The Hall–Kier alpha value is -1.89. The molecule has 0 fully saturated rings. The lowest BCUT2D eigenvalue weighted by Crippen LogP contribution is -2.42. The van der Waals surface area contributed by atoms with Crippen LogP contribution in [0.1, 0.15) is 18.9 Å². The lowest BCUT2D eigenvalue weighted by Gasteiger charge is -2.16. The zero-order valence-electron chi connectivity index (χ0n) is 13.1. The van der Waals surface area contributed by atoms with Gasteiger partial charge in [-0.05, 0) is 24.1 Å². The number of amides is 1. The molecule has 1 rings (SSSR count). The average Bonchev–Trinajstić information content (AvgIpc) is 2.54. The molecule has 0 heterocycles. The van der Waals surface area contributed by atoms with Gasteiger partial charge in [-0.3, -0.25) is 14.2 Å². The third-order valence-electron chi connectivity index (χ3n) is 3.03. The molecule has 0 saturated heterocycles. The highest BCUT2D eigenvalue weighted by atomic mass is 31.2. The second-order valence-electron chi connectivity index (χ2n) is 4.60. The van der Waals surface area contributed by atoms with E-state index in [0.717, 1.165) is 12.7 Å². The van der Waals surface area contributed by atoms with Crippen LogP contribution in [0.3, 0.4) is 0 Å². The van der Waals surface area contributed by atoms with Crippen LogP contribution in [0.15, 0.2) is 24.3 Å². The topological polar surface area (TPSA) is 111 Å². The van der Waals surface area contributed by atoms with Gasteiger partial charge in [-0.15, -0.1) is 0 Å². The minimum atomic E-state index is -4.11. The van der Waals surface area contributed by atoms with Crippen molar-refractivity contribution in [3.8, 4) is 5.75 Å². The van der Waals surface area contributed by atoms with Gasteiger partial charge in [-0.25, -0.2) is 9.36 Å². The highest BCUT2D eigenvalue weighted by Crippen LogP contribution is 2.42. The minimum Gasteiger partial charge on any atom is -0.453 e. The van der Waals surface area contributed by atoms with Gasteiger partial charge in [0.25, 0.3) is 0 Å². The highest BCUT2D eigenvalue weighted by Gasteiger charge is 2.22. The Morgan fingerprint density at radius 1 is 1.26 bits per heavy atom. The van der Waals surface area contributed by atoms with E-state index in [1.807, 2.05) is 0 Å². The van der Waals surface area contributed by atoms with E-state index in [4.69, 9.17) is 4.52 Å². The number of ether oxygens (including phenoxy) is 1. The van der Waals surface area contributed by atoms with E-state index in [0.29, 0.717) is 0 Å². The van der Waals surface area contributed by atoms with Crippen molar-refractivity contribution in [3.05, 3.63) is 29.8 Å². The maximum Gasteiger partial charge on any atom is 0.527 e. The van der Waals surface area contributed by atoms with Gasteiger partial charge in [0.1, 0.15) is 5.75 Å². The number of hydrogen-bond donors (Lipinski definition) is 2. The van der Waals surface area contributed by atoms with Crippen LogP contribution in [-0.4, -0.2) is 37.0 Å². The first-order valence-corrected chi connectivity index (χ1v) is 8.35. The van der Waals surface area contributed by atoms with E-state index in [9.17, 15) is 19.0 Å². The molecule has 1 aromatic rings. The van der Waals surface area contributed by atoms with E-state index >= 15 is 0 Å². The summed E-state index contributed by atoms with van der Waals surface area (Å²) < 4.78 is 24.9. The molecule has 0 aliphatic carbocycles. The zero-order valence-corrected chi connectivity index (χ0v) is 14.0. The van der Waals surface area contributed by atoms with Crippen molar-refractivity contribution >= 4 is 19.7 Å². The number of methoxy groups -OCH3 is 1. The van der Waals surface area contributed by atoms with Crippen molar-refractivity contribution in [2.45, 2.75) is 25.8 Å². The molecule has 128 valence electrons. The Balaban J connectivity index is 2.79. The summed E-state index contributed by atoms with van der Waals surface area (Å²) in [6, 6.07) is 5.49. The quantitative estimate of drug-likeness (QED) is 0.694. The van der Waals surface area contributed by atoms with Crippen molar-refractivity contribution in [2.75, 3.05) is 14.2 Å². The lowest BCUT2D eigenvalue weighted by molar-refractivity contribution is -0.120. The molecule has 23 heavy (non-hydrogen) atoms. The summed E-state index contributed by atoms with van der Waals surface area (Å²) in [5.41, 5.74) is 0.741. The number of Topliss-reactive ketones (excluding diaryl/α,β-unsaturated/α-hetero) is 1. The van der Waals surface area contributed by atoms with E-state index < -0.39 is 20.0 Å². The van der Waals surface area contributed by atoms with Crippen LogP contribution < -0.4 is 9.84 Å². The molecule has 0 radical (unpaired) electrons. The maximum absolute atomic E-state index is 11.9. The van der Waals surface area contributed by atoms with Crippen LogP contribution in [0.4, 0.5) is 4.79 Å². The van der Waals surface area contributed by atoms with Crippen LogP contribution in [0.2, 0.25) is 0 Å². The summed E-state index contributed by atoms with van der Waals surface area (Å²) in [6.45, 7) is 1.70. The van der Waals surface area contributed by atoms with Crippen molar-refractivity contribution < 1.29 is 32.8 Å². The molecule has 0 aliphatic rings. The number of alkyl carbamates (subject to hydrolysis) is 1. The third-order valence-corrected chi connectivity index (χ3v) is 3.93. The number of benzene rings is 1. The van der Waals surface area contributed by atoms with Gasteiger partial charge < -0.3 is 14.6 Å². The van der Waals surface area contributed by atoms with E-state index in [-0.39, 0.29) is 24.4 Å². The molecule has 1 aromatic carbocycles. The molecule has 2 N–H and O–H groups in total. The molecule has 0 saturated carbocycles. The molecule has 2 atom stereocenters. The second-order valence-corrected chi connectivity index (χ2v) is 6.08. The lowest BCUT2D eigenvalue weighted by atomic mass is 10.0. The number of phosphoric acid groups is 1. The smallest absolute Gasteiger partial charge is 0.453 e. The van der Waals surface area contributed by atoms with Gasteiger partial charge in [0.15, 0.2) is 5.78 Å². The molecule has 0 aliphatic heterocycles. The third kappa shape index (κ3) is 6.40. The predicted molar refractivity (Wildman–Crippen MR) is 82.2 cm³/mol. The summed E-state index contributed by atoms with van der Waals surface area (Å²) in [5, 5.41) is 2.48. The first-order chi connectivity index (χ1) is 10.8. The first-order valence-electron chi connectivity index (χ1n) is 6.85. The Kier molecular flexibility index (Phi) is 7.22. The molecule has 0 spiro atoms. The Bertz CT molecular complexity index is 587. The molecule has 8 nitrogen and oxygen atoms in total. The molecule has 0 bridgehead atoms. The number of nitrogens with one attached hydrogen (secondary N) is 1. The van der Waals surface area contributed by atoms with Crippen molar-refractivity contribution in [1.29, 1.82) is 0 Å². The Morgan fingerprint density at radius 3 is 2.35 bits per heavy atom. The summed E-state index contributed by atoms with van der Waals surface area (Å²) in [5.74, 6) is 0.0238. The first kappa shape index (κ1) is 19.2. The largest absolute Gasteiger partial charge is 0.527 e. The maximum atomic E-state index is 11.9. The van der Waals surface area contributed by atoms with E-state index in [1.54, 1.807) is 19.1 Å². The van der Waals surface area contributed by atoms with Crippen LogP contribution in [0.25, 0.3) is 0 Å². The molecule has 2 unspecified atom stereocenters. The number of carbonyl (C=O) groups is 2. The Morgan fingerprint density at radius 2 is 1.87 bits per heavy atom. The average molecular weight is 345 g/mol. The van der Waals surface area contributed by atoms with Crippen LogP contribution in [0.5, 0.6) is 5.75 Å². The summed E-state index contributed by atoms with van der Waals surface area (Å²) >= 11 is 0. The minimum absolute atomic E-state index is 0.130. The van der Waals surface area contributed by atoms with Gasteiger partial charge in [0.2, 0.25) is 0 Å². The van der Waals surface area contributed by atoms with Crippen molar-refractivity contribution in [2.24, 2.45) is 0 Å². The van der Waals surface area contributed by atoms with Crippen molar-refractivity contribution in [3.63, 3.8) is 0 Å². The number of carbonyl (C=O) groups excluding carboxylic acids is 2. The van der Waals surface area contributed by atoms with Gasteiger partial charge in [-0.1, -0.05) is 19.1 Å². The van der Waals surface area contributed by atoms with Crippen LogP contribution in [0, 0.1) is 0 Å². The van der Waals surface area contributed by atoms with Gasteiger partial charge in [0, 0.05) is 13.5 Å². The second kappa shape index (κ2) is 8.67. The number of ketones is 1. The monoisotopic (exact) mass is 345 g/mol. The van der Waals surface area contributed by atoms with Gasteiger partial charge in [0.05, 0.1) is 13.2 Å². The summed E-state index contributed by atoms with van der Waals surface area (Å²) in [6.07, 6.45) is -0.140. The van der Waals surface area contributed by atoms with Crippen LogP contribution in [-0.2, 0) is 25.0 Å². The number of phosphoric ester groups is 1. The SMILES string of the molecule is CCC(=O)C(Cc1ccc(OP(=O)(O)OC)cc1)NC(=O)OC. The molecule has 1 amide bonds. The standard InChI is InChI=1S/C14H20NO7P/c1-4-13(16)12(15-14(17)20-2)9-10-5-7-11(8-6-10)22-23(18,19)21-3/h5-8,12H,4,9H2,1-3H3,(H,15,17)(H,18,19). The molecular weight excluding hydrogens is 325 g/mol. The molecular formula is C14H20NO7P. The number of rotatable bonds is 8. The summed E-state index contributed by atoms with van der Waals surface area (Å²) in [4.78, 5) is 32.4. The zero-order chi connectivity index (χ0) is 17.5. The van der Waals surface area contributed by atoms with Crippen LogP contribution >= 0.6 is 7.82 Å². The molecule has 9 heteroatoms. The normalized spacial score (nSPS) is 14.4. The fourth-order valence-corrected chi connectivity index (χ4v) is 2.25. The summed E-state index contributed by atoms with van der Waals surface area (Å²) in [7, 11) is -1.82. The van der Waals surface area contributed by atoms with Gasteiger partial charge >= 0.3 is 13.9 Å². The fourth-order valence-electron chi connectivity index (χ4n) is 1.79.